The van der Waals surface area contributed by atoms with E-state index in [1.807, 2.05) is 6.92 Å². The zero-order chi connectivity index (χ0) is 15.0. The van der Waals surface area contributed by atoms with E-state index < -0.39 is 20.9 Å². The van der Waals surface area contributed by atoms with Crippen LogP contribution in [0.1, 0.15) is 39.0 Å². The molecule has 0 aromatic carbocycles. The van der Waals surface area contributed by atoms with Crippen molar-refractivity contribution < 1.29 is 14.6 Å². The summed E-state index contributed by atoms with van der Waals surface area (Å²) in [6, 6.07) is 0. The molecule has 0 aromatic heterocycles. The van der Waals surface area contributed by atoms with Gasteiger partial charge in [-0.05, 0) is 13.0 Å². The van der Waals surface area contributed by atoms with Gasteiger partial charge in [-0.3, -0.25) is 29.9 Å². The van der Waals surface area contributed by atoms with Crippen LogP contribution in [-0.2, 0) is 4.79 Å². The Hall–Kier alpha value is -1.57. The normalized spacial score (nSPS) is 34.0. The van der Waals surface area contributed by atoms with Crippen molar-refractivity contribution in [3.8, 4) is 0 Å². The number of carbonyl (C=O) groups excluding carboxylic acids is 1. The maximum Gasteiger partial charge on any atom is 0.248 e. The van der Waals surface area contributed by atoms with Crippen LogP contribution in [0.25, 0.3) is 0 Å². The van der Waals surface area contributed by atoms with Crippen molar-refractivity contribution in [3.05, 3.63) is 20.2 Å². The van der Waals surface area contributed by atoms with Gasteiger partial charge in [0.05, 0.1) is 32.4 Å². The van der Waals surface area contributed by atoms with Crippen molar-refractivity contribution >= 4 is 5.78 Å². The average molecular weight is 285 g/mol. The largest absolute Gasteiger partial charge is 0.299 e. The molecule has 0 N–H and O–H groups in total. The lowest BCUT2D eigenvalue weighted by atomic mass is 9.67. The van der Waals surface area contributed by atoms with Gasteiger partial charge in [0.15, 0.2) is 0 Å². The van der Waals surface area contributed by atoms with Crippen molar-refractivity contribution in [2.45, 2.75) is 50.1 Å². The summed E-state index contributed by atoms with van der Waals surface area (Å²) < 4.78 is 0. The fourth-order valence-electron chi connectivity index (χ4n) is 3.56. The van der Waals surface area contributed by atoms with E-state index in [0.29, 0.717) is 6.54 Å². The Bertz CT molecular complexity index is 420. The van der Waals surface area contributed by atoms with Crippen molar-refractivity contribution in [1.29, 1.82) is 0 Å². The lowest BCUT2D eigenvalue weighted by Crippen LogP contribution is -2.69. The van der Waals surface area contributed by atoms with Crippen molar-refractivity contribution in [2.24, 2.45) is 0 Å². The number of fused-ring (bicyclic) bond motifs is 2. The Kier molecular flexibility index (Phi) is 3.77. The van der Waals surface area contributed by atoms with Crippen LogP contribution in [0.5, 0.6) is 0 Å². The van der Waals surface area contributed by atoms with Crippen LogP contribution < -0.4 is 0 Å². The Morgan fingerprint density at radius 1 is 1.15 bits per heavy atom. The van der Waals surface area contributed by atoms with E-state index in [1.165, 1.54) is 0 Å². The quantitative estimate of drug-likeness (QED) is 0.548. The van der Waals surface area contributed by atoms with Gasteiger partial charge in [0, 0.05) is 9.85 Å². The second kappa shape index (κ2) is 5.08. The van der Waals surface area contributed by atoms with Crippen molar-refractivity contribution in [2.75, 3.05) is 19.6 Å². The van der Waals surface area contributed by atoms with Gasteiger partial charge in [0.2, 0.25) is 11.1 Å². The van der Waals surface area contributed by atoms with Crippen LogP contribution in [0.2, 0.25) is 0 Å². The smallest absolute Gasteiger partial charge is 0.248 e. The molecule has 20 heavy (non-hydrogen) atoms. The number of Topliss-reactive ketones (excluding diaryl/α,β-unsaturated/α-hetero) is 1. The van der Waals surface area contributed by atoms with Gasteiger partial charge in [-0.1, -0.05) is 13.3 Å². The van der Waals surface area contributed by atoms with E-state index in [4.69, 9.17) is 0 Å². The summed E-state index contributed by atoms with van der Waals surface area (Å²) in [4.78, 5) is 35.5. The Morgan fingerprint density at radius 3 is 2.05 bits per heavy atom. The summed E-state index contributed by atoms with van der Waals surface area (Å²) in [5.74, 6) is -0.361. The van der Waals surface area contributed by atoms with Gasteiger partial charge < -0.3 is 0 Å². The molecule has 0 spiro atoms. The molecule has 8 nitrogen and oxygen atoms in total. The van der Waals surface area contributed by atoms with Crippen LogP contribution in [0.3, 0.4) is 0 Å². The highest BCUT2D eigenvalue weighted by Crippen LogP contribution is 2.42. The average Bonchev–Trinajstić information content (AvgIpc) is 2.34. The van der Waals surface area contributed by atoms with E-state index in [1.54, 1.807) is 4.90 Å². The second-order valence-electron chi connectivity index (χ2n) is 6.10. The summed E-state index contributed by atoms with van der Waals surface area (Å²) >= 11 is 0. The first-order valence-corrected chi connectivity index (χ1v) is 6.87. The molecule has 2 bridgehead atoms. The lowest BCUT2D eigenvalue weighted by Gasteiger charge is -2.45. The van der Waals surface area contributed by atoms with Crippen LogP contribution in [0, 0.1) is 20.2 Å². The number of nitro groups is 2. The molecule has 1 saturated heterocycles. The Balaban J connectivity index is 2.34. The third-order valence-corrected chi connectivity index (χ3v) is 4.35. The molecule has 0 unspecified atom stereocenters. The molecule has 0 aromatic rings. The molecule has 1 aliphatic carbocycles. The van der Waals surface area contributed by atoms with Crippen molar-refractivity contribution in [3.63, 3.8) is 0 Å². The van der Waals surface area contributed by atoms with E-state index >= 15 is 0 Å². The number of hydrogen-bond acceptors (Lipinski definition) is 6. The summed E-state index contributed by atoms with van der Waals surface area (Å²) in [6.45, 7) is 2.89. The van der Waals surface area contributed by atoms with Gasteiger partial charge in [0.1, 0.15) is 5.78 Å². The van der Waals surface area contributed by atoms with Gasteiger partial charge in [0.25, 0.3) is 0 Å². The second-order valence-corrected chi connectivity index (χ2v) is 6.10. The number of likely N-dealkylation sites (tertiary alicyclic amines) is 1. The zero-order valence-electron chi connectivity index (χ0n) is 11.5. The maximum absolute atomic E-state index is 11.8. The molecular formula is C12H19N3O5. The van der Waals surface area contributed by atoms with Crippen LogP contribution >= 0.6 is 0 Å². The molecule has 112 valence electrons. The molecular weight excluding hydrogens is 266 g/mol. The summed E-state index contributed by atoms with van der Waals surface area (Å²) in [5, 5.41) is 22.8. The summed E-state index contributed by atoms with van der Waals surface area (Å²) in [5.41, 5.74) is -2.96. The summed E-state index contributed by atoms with van der Waals surface area (Å²) in [7, 11) is 0. The van der Waals surface area contributed by atoms with Crippen LogP contribution in [0.4, 0.5) is 0 Å². The highest BCUT2D eigenvalue weighted by Gasteiger charge is 2.66. The number of nitrogens with zero attached hydrogens (tertiary/aromatic N) is 3. The van der Waals surface area contributed by atoms with Gasteiger partial charge in [-0.15, -0.1) is 0 Å². The Morgan fingerprint density at radius 2 is 1.65 bits per heavy atom. The topological polar surface area (TPSA) is 107 Å². The molecule has 2 fully saturated rings. The highest BCUT2D eigenvalue weighted by molar-refractivity contribution is 5.82. The first-order chi connectivity index (χ1) is 9.33. The number of rotatable bonds is 5. The monoisotopic (exact) mass is 285 g/mol. The van der Waals surface area contributed by atoms with E-state index in [-0.39, 0.29) is 38.1 Å². The molecule has 0 radical (unpaired) electrons. The predicted octanol–water partition coefficient (Wildman–Crippen LogP) is 0.886. The molecule has 1 aliphatic heterocycles. The van der Waals surface area contributed by atoms with E-state index in [2.05, 4.69) is 0 Å². The van der Waals surface area contributed by atoms with Gasteiger partial charge >= 0.3 is 0 Å². The zero-order valence-corrected chi connectivity index (χ0v) is 11.5. The molecule has 8 heteroatoms. The van der Waals surface area contributed by atoms with Crippen molar-refractivity contribution in [1.82, 2.24) is 4.90 Å². The molecule has 2 rings (SSSR count). The molecule has 1 heterocycles. The van der Waals surface area contributed by atoms with Gasteiger partial charge in [-0.25, -0.2) is 0 Å². The lowest BCUT2D eigenvalue weighted by molar-refractivity contribution is -0.628. The molecule has 0 amide bonds. The van der Waals surface area contributed by atoms with Crippen LogP contribution in [-0.4, -0.2) is 51.2 Å². The molecule has 2 aliphatic rings. The minimum absolute atomic E-state index is 0.131. The molecule has 1 saturated carbocycles. The fourth-order valence-corrected chi connectivity index (χ4v) is 3.56. The number of piperidine rings is 1. The van der Waals surface area contributed by atoms with E-state index in [0.717, 1.165) is 12.8 Å². The number of carbonyl (C=O) groups is 1. The number of unbranched alkanes of at least 4 members (excludes halogenated alkanes) is 1. The third kappa shape index (κ3) is 2.39. The SMILES string of the molecule is CCCCN1C[C@@]2([N+](=O)[O-])CC(=O)C[C@]([N+](=O)[O-])(C1)C2. The number of hydrogen-bond donors (Lipinski definition) is 0. The maximum atomic E-state index is 11.8. The number of ketones is 1. The highest BCUT2D eigenvalue weighted by atomic mass is 16.6. The predicted molar refractivity (Wildman–Crippen MR) is 69.7 cm³/mol. The standard InChI is InChI=1S/C12H19N3O5/c1-2-3-4-13-8-11(14(17)18)5-10(16)6-12(7-11,9-13)15(19)20/h2-9H2,1H3/t11-,12-/m1/s1. The van der Waals surface area contributed by atoms with Gasteiger partial charge in [-0.2, -0.15) is 0 Å². The fraction of sp³-hybridized carbons (Fsp3) is 0.917. The summed E-state index contributed by atoms with van der Waals surface area (Å²) in [6.07, 6.45) is 1.27. The minimum Gasteiger partial charge on any atom is -0.299 e. The minimum atomic E-state index is -1.48. The Labute approximate surface area is 116 Å². The third-order valence-electron chi connectivity index (χ3n) is 4.35. The molecule has 2 atom stereocenters. The van der Waals surface area contributed by atoms with E-state index in [9.17, 15) is 25.0 Å². The first kappa shape index (κ1) is 14.8. The van der Waals surface area contributed by atoms with Crippen LogP contribution in [0.15, 0.2) is 0 Å². The first-order valence-electron chi connectivity index (χ1n) is 6.87.